The second kappa shape index (κ2) is 8.44. The van der Waals surface area contributed by atoms with Crippen molar-refractivity contribution in [2.24, 2.45) is 4.99 Å². The third kappa shape index (κ3) is 6.95. The number of carbonyl (C=O) groups excluding carboxylic acids is 1. The fraction of sp³-hybridized carbons (Fsp3) is 0.750. The van der Waals surface area contributed by atoms with Crippen molar-refractivity contribution in [2.75, 3.05) is 19.1 Å². The average Bonchev–Trinajstić information content (AvgIpc) is 2.14. The lowest BCUT2D eigenvalue weighted by molar-refractivity contribution is 0.156. The molecule has 0 heterocycles. The van der Waals surface area contributed by atoms with Crippen molar-refractivity contribution in [1.82, 2.24) is 0 Å². The van der Waals surface area contributed by atoms with Crippen molar-refractivity contribution in [1.29, 1.82) is 0 Å². The van der Waals surface area contributed by atoms with E-state index in [-0.39, 0.29) is 0 Å². The number of rotatable bonds is 3. The molecule has 0 bridgehead atoms. The summed E-state index contributed by atoms with van der Waals surface area (Å²) in [4.78, 5) is 14.8. The van der Waals surface area contributed by atoms with Gasteiger partial charge in [0.2, 0.25) is 0 Å². The molecular formula is C8H15NO2S2. The number of unbranched alkanes of at least 4 members (excludes halogenated alkanes) is 1. The summed E-state index contributed by atoms with van der Waals surface area (Å²) in [7, 11) is 0. The van der Waals surface area contributed by atoms with Crippen molar-refractivity contribution in [2.45, 2.75) is 19.8 Å². The molecular weight excluding hydrogens is 206 g/mol. The Hall–Kier alpha value is -0.160. The Kier molecular flexibility index (Phi) is 8.33. The topological polar surface area (TPSA) is 38.7 Å². The molecule has 0 aromatic heterocycles. The molecule has 0 unspecified atom stereocenters. The normalized spacial score (nSPS) is 9.46. The summed E-state index contributed by atoms with van der Waals surface area (Å²) < 4.78 is 5.60. The first kappa shape index (κ1) is 12.8. The Morgan fingerprint density at radius 3 is 2.46 bits per heavy atom. The van der Waals surface area contributed by atoms with E-state index in [1.807, 2.05) is 19.4 Å². The molecule has 0 aliphatic heterocycles. The lowest BCUT2D eigenvalue weighted by atomic mass is 10.4. The predicted octanol–water partition coefficient (Wildman–Crippen LogP) is 3.01. The highest BCUT2D eigenvalue weighted by Gasteiger charge is 2.01. The molecule has 0 radical (unpaired) electrons. The molecule has 0 aliphatic rings. The minimum Gasteiger partial charge on any atom is -0.448 e. The van der Waals surface area contributed by atoms with Gasteiger partial charge in [-0.25, -0.2) is 4.79 Å². The maximum atomic E-state index is 11.0. The van der Waals surface area contributed by atoms with Gasteiger partial charge in [0.05, 0.1) is 6.61 Å². The van der Waals surface area contributed by atoms with Crippen molar-refractivity contribution in [3.8, 4) is 0 Å². The minimum absolute atomic E-state index is 0.467. The Morgan fingerprint density at radius 2 is 2.00 bits per heavy atom. The van der Waals surface area contributed by atoms with Gasteiger partial charge in [0.15, 0.2) is 0 Å². The molecule has 0 rings (SSSR count). The van der Waals surface area contributed by atoms with E-state index in [1.54, 1.807) is 0 Å². The van der Waals surface area contributed by atoms with Crippen LogP contribution in [0.2, 0.25) is 0 Å². The second-order valence-corrected chi connectivity index (χ2v) is 4.10. The molecule has 0 aliphatic carbocycles. The third-order valence-electron chi connectivity index (χ3n) is 1.26. The van der Waals surface area contributed by atoms with Crippen LogP contribution < -0.4 is 0 Å². The van der Waals surface area contributed by atoms with Crippen LogP contribution in [0, 0.1) is 0 Å². The first-order valence-corrected chi connectivity index (χ1v) is 6.53. The lowest BCUT2D eigenvalue weighted by Gasteiger charge is -2.00. The maximum Gasteiger partial charge on any atom is 0.435 e. The third-order valence-corrected chi connectivity index (χ3v) is 3.14. The van der Waals surface area contributed by atoms with Gasteiger partial charge in [-0.1, -0.05) is 13.3 Å². The number of amides is 1. The Bertz CT molecular complexity index is 177. The van der Waals surface area contributed by atoms with Crippen LogP contribution >= 0.6 is 23.5 Å². The zero-order valence-electron chi connectivity index (χ0n) is 8.20. The Labute approximate surface area is 87.7 Å². The van der Waals surface area contributed by atoms with E-state index in [9.17, 15) is 4.79 Å². The molecule has 0 aromatic rings. The van der Waals surface area contributed by atoms with Gasteiger partial charge in [-0.2, -0.15) is 4.99 Å². The first-order valence-electron chi connectivity index (χ1n) is 4.08. The number of thioether (sulfide) groups is 2. The molecule has 76 valence electrons. The van der Waals surface area contributed by atoms with Crippen LogP contribution in [0.1, 0.15) is 19.8 Å². The first-order chi connectivity index (χ1) is 6.24. The highest BCUT2D eigenvalue weighted by Crippen LogP contribution is 2.11. The van der Waals surface area contributed by atoms with Gasteiger partial charge in [0, 0.05) is 0 Å². The molecule has 0 aromatic carbocycles. The second-order valence-electron chi connectivity index (χ2n) is 2.25. The van der Waals surface area contributed by atoms with E-state index in [0.717, 1.165) is 17.2 Å². The van der Waals surface area contributed by atoms with Gasteiger partial charge in [0.1, 0.15) is 4.38 Å². The van der Waals surface area contributed by atoms with Crippen LogP contribution in [0.25, 0.3) is 0 Å². The van der Waals surface area contributed by atoms with Crippen molar-refractivity contribution in [3.63, 3.8) is 0 Å². The Morgan fingerprint density at radius 1 is 1.38 bits per heavy atom. The molecule has 3 nitrogen and oxygen atoms in total. The minimum atomic E-state index is -0.479. The summed E-state index contributed by atoms with van der Waals surface area (Å²) in [6, 6.07) is 0. The van der Waals surface area contributed by atoms with Crippen LogP contribution in [0.15, 0.2) is 4.99 Å². The quantitative estimate of drug-likeness (QED) is 0.417. The van der Waals surface area contributed by atoms with E-state index in [0.29, 0.717) is 6.61 Å². The monoisotopic (exact) mass is 221 g/mol. The van der Waals surface area contributed by atoms with Crippen LogP contribution in [-0.2, 0) is 4.74 Å². The molecule has 0 spiro atoms. The summed E-state index contributed by atoms with van der Waals surface area (Å²) >= 11 is 2.90. The number of aliphatic imine (C=N–C) groups is 1. The van der Waals surface area contributed by atoms with E-state index >= 15 is 0 Å². The van der Waals surface area contributed by atoms with Crippen molar-refractivity contribution in [3.05, 3.63) is 0 Å². The zero-order valence-corrected chi connectivity index (χ0v) is 9.83. The largest absolute Gasteiger partial charge is 0.448 e. The summed E-state index contributed by atoms with van der Waals surface area (Å²) in [5.74, 6) is 0. The zero-order chi connectivity index (χ0) is 10.1. The van der Waals surface area contributed by atoms with E-state index in [2.05, 4.69) is 4.99 Å². The maximum absolute atomic E-state index is 11.0. The fourth-order valence-electron chi connectivity index (χ4n) is 0.585. The number of hydrogen-bond donors (Lipinski definition) is 0. The number of carbonyl (C=O) groups is 1. The molecule has 0 N–H and O–H groups in total. The molecule has 13 heavy (non-hydrogen) atoms. The fourth-order valence-corrected chi connectivity index (χ4v) is 1.58. The highest BCUT2D eigenvalue weighted by atomic mass is 32.2. The summed E-state index contributed by atoms with van der Waals surface area (Å²) in [5, 5.41) is 0. The SMILES string of the molecule is CCCCOC(=O)N=C(SC)SC. The summed E-state index contributed by atoms with van der Waals surface area (Å²) in [6.45, 7) is 2.52. The summed E-state index contributed by atoms with van der Waals surface area (Å²) in [5.41, 5.74) is 0. The van der Waals surface area contributed by atoms with E-state index in [1.165, 1.54) is 23.5 Å². The van der Waals surface area contributed by atoms with Crippen LogP contribution in [-0.4, -0.2) is 29.6 Å². The molecule has 0 atom stereocenters. The van der Waals surface area contributed by atoms with Crippen LogP contribution in [0.3, 0.4) is 0 Å². The molecule has 0 fully saturated rings. The van der Waals surface area contributed by atoms with Gasteiger partial charge in [-0.15, -0.1) is 23.5 Å². The highest BCUT2D eigenvalue weighted by molar-refractivity contribution is 8.38. The lowest BCUT2D eigenvalue weighted by Crippen LogP contribution is -2.02. The van der Waals surface area contributed by atoms with Crippen molar-refractivity contribution >= 4 is 34.0 Å². The summed E-state index contributed by atoms with van der Waals surface area (Å²) in [6.07, 6.45) is 5.21. The number of ether oxygens (including phenoxy) is 1. The Balaban J connectivity index is 3.76. The average molecular weight is 221 g/mol. The molecule has 5 heteroatoms. The predicted molar refractivity (Wildman–Crippen MR) is 60.7 cm³/mol. The molecule has 0 saturated heterocycles. The van der Waals surface area contributed by atoms with Gasteiger partial charge in [0.25, 0.3) is 0 Å². The van der Waals surface area contributed by atoms with Crippen molar-refractivity contribution < 1.29 is 9.53 Å². The van der Waals surface area contributed by atoms with Gasteiger partial charge in [-0.3, -0.25) is 0 Å². The molecule has 0 saturated carbocycles. The number of hydrogen-bond acceptors (Lipinski definition) is 4. The van der Waals surface area contributed by atoms with Gasteiger partial charge < -0.3 is 4.74 Å². The van der Waals surface area contributed by atoms with Gasteiger partial charge >= 0.3 is 6.09 Å². The number of nitrogens with zero attached hydrogens (tertiary/aromatic N) is 1. The van der Waals surface area contributed by atoms with E-state index in [4.69, 9.17) is 4.74 Å². The van der Waals surface area contributed by atoms with Crippen LogP contribution in [0.5, 0.6) is 0 Å². The van der Waals surface area contributed by atoms with Gasteiger partial charge in [-0.05, 0) is 18.9 Å². The van der Waals surface area contributed by atoms with Crippen LogP contribution in [0.4, 0.5) is 4.79 Å². The smallest absolute Gasteiger partial charge is 0.435 e. The molecule has 1 amide bonds. The standard InChI is InChI=1S/C8H15NO2S2/c1-4-5-6-11-7(10)9-8(12-2)13-3/h4-6H2,1-3H3. The van der Waals surface area contributed by atoms with E-state index < -0.39 is 6.09 Å².